The number of aryl methyl sites for hydroxylation is 1. The molecule has 0 saturated carbocycles. The smallest absolute Gasteiger partial charge is 0.306 e. The van der Waals surface area contributed by atoms with Crippen molar-refractivity contribution in [3.8, 4) is 0 Å². The molecule has 0 saturated heterocycles. The molecule has 1 aromatic carbocycles. The number of rotatable bonds is 7. The summed E-state index contributed by atoms with van der Waals surface area (Å²) in [6, 6.07) is 11.1. The Morgan fingerprint density at radius 2 is 1.84 bits per heavy atom. The fraction of sp³-hybridized carbons (Fsp3) is 0.211. The van der Waals surface area contributed by atoms with Gasteiger partial charge in [-0.05, 0) is 25.1 Å². The van der Waals surface area contributed by atoms with Gasteiger partial charge in [0.1, 0.15) is 0 Å². The zero-order chi connectivity index (χ0) is 17.8. The Morgan fingerprint density at radius 3 is 2.60 bits per heavy atom. The number of para-hydroxylation sites is 1. The molecule has 0 aliphatic rings. The molecule has 1 N–H and O–H groups in total. The Labute approximate surface area is 148 Å². The Kier molecular flexibility index (Phi) is 5.09. The van der Waals surface area contributed by atoms with Gasteiger partial charge in [0.25, 0.3) is 0 Å². The van der Waals surface area contributed by atoms with Crippen LogP contribution in [0.4, 0.5) is 0 Å². The molecule has 5 nitrogen and oxygen atoms in total. The van der Waals surface area contributed by atoms with Crippen LogP contribution in [0, 0.1) is 6.92 Å². The number of ketones is 2. The van der Waals surface area contributed by atoms with E-state index in [1.54, 1.807) is 12.3 Å². The van der Waals surface area contributed by atoms with Crippen LogP contribution in [-0.4, -0.2) is 29.1 Å². The number of aromatic nitrogens is 1. The molecule has 0 atom stereocenters. The number of thiophene rings is 1. The summed E-state index contributed by atoms with van der Waals surface area (Å²) in [5, 5.41) is 0.798. The number of aromatic amines is 1. The van der Waals surface area contributed by atoms with Crippen molar-refractivity contribution in [2.45, 2.75) is 19.8 Å². The molecule has 0 bridgehead atoms. The summed E-state index contributed by atoms with van der Waals surface area (Å²) in [7, 11) is 0. The molecule has 3 rings (SSSR count). The fourth-order valence-electron chi connectivity index (χ4n) is 2.52. The first kappa shape index (κ1) is 17.1. The third-order valence-electron chi connectivity index (χ3n) is 3.83. The van der Waals surface area contributed by atoms with E-state index >= 15 is 0 Å². The predicted molar refractivity (Wildman–Crippen MR) is 96.2 cm³/mol. The van der Waals surface area contributed by atoms with Gasteiger partial charge in [-0.3, -0.25) is 14.4 Å². The minimum atomic E-state index is -0.546. The van der Waals surface area contributed by atoms with Gasteiger partial charge in [0.05, 0.1) is 11.3 Å². The van der Waals surface area contributed by atoms with Gasteiger partial charge in [0, 0.05) is 34.0 Å². The van der Waals surface area contributed by atoms with Crippen molar-refractivity contribution in [1.82, 2.24) is 4.98 Å². The molecule has 0 amide bonds. The Bertz CT molecular complexity index is 938. The van der Waals surface area contributed by atoms with Crippen LogP contribution in [0.25, 0.3) is 10.9 Å². The van der Waals surface area contributed by atoms with Crippen LogP contribution in [0.15, 0.2) is 42.6 Å². The fourth-order valence-corrected chi connectivity index (χ4v) is 3.36. The van der Waals surface area contributed by atoms with Crippen molar-refractivity contribution in [3.05, 3.63) is 57.9 Å². The maximum atomic E-state index is 12.2. The number of hydrogen-bond acceptors (Lipinski definition) is 5. The molecule has 2 heterocycles. The second-order valence-corrected chi connectivity index (χ2v) is 6.95. The number of fused-ring (bicyclic) bond motifs is 1. The number of nitrogens with one attached hydrogen (secondary N) is 1. The predicted octanol–water partition coefficient (Wildman–Crippen LogP) is 3.93. The summed E-state index contributed by atoms with van der Waals surface area (Å²) in [4.78, 5) is 40.7. The van der Waals surface area contributed by atoms with Crippen LogP contribution < -0.4 is 0 Å². The maximum absolute atomic E-state index is 12.2. The molecule has 0 spiro atoms. The third-order valence-corrected chi connectivity index (χ3v) is 4.87. The van der Waals surface area contributed by atoms with Gasteiger partial charge in [0.15, 0.2) is 12.4 Å². The largest absolute Gasteiger partial charge is 0.457 e. The number of esters is 1. The van der Waals surface area contributed by atoms with Gasteiger partial charge >= 0.3 is 5.97 Å². The molecule has 0 radical (unpaired) electrons. The highest BCUT2D eigenvalue weighted by molar-refractivity contribution is 7.14. The molecule has 6 heteroatoms. The van der Waals surface area contributed by atoms with Gasteiger partial charge in [0.2, 0.25) is 5.78 Å². The molecule has 0 aliphatic carbocycles. The lowest BCUT2D eigenvalue weighted by Crippen LogP contribution is -2.14. The molecule has 0 unspecified atom stereocenters. The zero-order valence-electron chi connectivity index (χ0n) is 13.7. The molecule has 0 fully saturated rings. The number of carbonyl (C=O) groups is 3. The topological polar surface area (TPSA) is 76.2 Å². The lowest BCUT2D eigenvalue weighted by atomic mass is 10.1. The standard InChI is InChI=1S/C19H17NO4S/c1-12-6-8-18(25-12)16(21)7-9-19(23)24-11-17(22)14-10-20-15-5-3-2-4-13(14)15/h2-6,8,10,20H,7,9,11H2,1H3. The molecule has 3 aromatic rings. The minimum Gasteiger partial charge on any atom is -0.457 e. The third kappa shape index (κ3) is 4.03. The summed E-state index contributed by atoms with van der Waals surface area (Å²) in [6.45, 7) is 1.60. The van der Waals surface area contributed by atoms with Crippen molar-refractivity contribution < 1.29 is 19.1 Å². The molecular weight excluding hydrogens is 338 g/mol. The second-order valence-electron chi connectivity index (χ2n) is 5.67. The summed E-state index contributed by atoms with van der Waals surface area (Å²) < 4.78 is 5.02. The van der Waals surface area contributed by atoms with Crippen molar-refractivity contribution in [3.63, 3.8) is 0 Å². The van der Waals surface area contributed by atoms with Crippen LogP contribution >= 0.6 is 11.3 Å². The van der Waals surface area contributed by atoms with Crippen molar-refractivity contribution in [2.24, 2.45) is 0 Å². The van der Waals surface area contributed by atoms with E-state index in [2.05, 4.69) is 4.98 Å². The number of benzene rings is 1. The second kappa shape index (κ2) is 7.44. The van der Waals surface area contributed by atoms with E-state index in [-0.39, 0.29) is 31.0 Å². The number of H-pyrrole nitrogens is 1. The van der Waals surface area contributed by atoms with Crippen molar-refractivity contribution in [2.75, 3.05) is 6.61 Å². The minimum absolute atomic E-state index is 0.0308. The average molecular weight is 355 g/mol. The van der Waals surface area contributed by atoms with Crippen molar-refractivity contribution >= 4 is 39.8 Å². The van der Waals surface area contributed by atoms with E-state index in [0.717, 1.165) is 15.8 Å². The highest BCUT2D eigenvalue weighted by atomic mass is 32.1. The average Bonchev–Trinajstić information content (AvgIpc) is 3.23. The summed E-state index contributed by atoms with van der Waals surface area (Å²) in [5.41, 5.74) is 1.35. The van der Waals surface area contributed by atoms with Gasteiger partial charge in [-0.1, -0.05) is 18.2 Å². The van der Waals surface area contributed by atoms with Gasteiger partial charge in [-0.2, -0.15) is 0 Å². The van der Waals surface area contributed by atoms with Crippen molar-refractivity contribution in [1.29, 1.82) is 0 Å². The maximum Gasteiger partial charge on any atom is 0.306 e. The summed E-state index contributed by atoms with van der Waals surface area (Å²) in [5.74, 6) is -0.904. The summed E-state index contributed by atoms with van der Waals surface area (Å²) in [6.07, 6.45) is 1.67. The van der Waals surface area contributed by atoms with Crippen LogP contribution in [0.3, 0.4) is 0 Å². The van der Waals surface area contributed by atoms with E-state index in [1.165, 1.54) is 11.3 Å². The Hall–Kier alpha value is -2.73. The first-order valence-electron chi connectivity index (χ1n) is 7.89. The van der Waals surface area contributed by atoms with Crippen LogP contribution in [0.1, 0.15) is 37.7 Å². The number of carbonyl (C=O) groups excluding carboxylic acids is 3. The van der Waals surface area contributed by atoms with Crippen LogP contribution in [0.5, 0.6) is 0 Å². The monoisotopic (exact) mass is 355 g/mol. The van der Waals surface area contributed by atoms with Gasteiger partial charge in [-0.15, -0.1) is 11.3 Å². The molecule has 128 valence electrons. The molecule has 25 heavy (non-hydrogen) atoms. The Balaban J connectivity index is 1.50. The van der Waals surface area contributed by atoms with Crippen LogP contribution in [0.2, 0.25) is 0 Å². The first-order valence-corrected chi connectivity index (χ1v) is 8.71. The lowest BCUT2D eigenvalue weighted by Gasteiger charge is -2.03. The quantitative estimate of drug-likeness (QED) is 0.515. The molecule has 2 aromatic heterocycles. The van der Waals surface area contributed by atoms with Crippen LogP contribution in [-0.2, 0) is 9.53 Å². The van der Waals surface area contributed by atoms with E-state index in [9.17, 15) is 14.4 Å². The number of ether oxygens (including phenoxy) is 1. The van der Waals surface area contributed by atoms with E-state index in [1.807, 2.05) is 37.3 Å². The van der Waals surface area contributed by atoms with E-state index < -0.39 is 5.97 Å². The molecule has 0 aliphatic heterocycles. The zero-order valence-corrected chi connectivity index (χ0v) is 14.5. The van der Waals surface area contributed by atoms with E-state index in [0.29, 0.717) is 10.4 Å². The highest BCUT2D eigenvalue weighted by Crippen LogP contribution is 2.19. The summed E-state index contributed by atoms with van der Waals surface area (Å²) >= 11 is 1.41. The Morgan fingerprint density at radius 1 is 1.04 bits per heavy atom. The number of Topliss-reactive ketones (excluding diaryl/α,β-unsaturated/α-hetero) is 2. The highest BCUT2D eigenvalue weighted by Gasteiger charge is 2.16. The normalized spacial score (nSPS) is 10.8. The van der Waals surface area contributed by atoms with Gasteiger partial charge in [-0.25, -0.2) is 0 Å². The lowest BCUT2D eigenvalue weighted by molar-refractivity contribution is -0.142. The SMILES string of the molecule is Cc1ccc(C(=O)CCC(=O)OCC(=O)c2c[nH]c3ccccc23)s1. The van der Waals surface area contributed by atoms with Gasteiger partial charge < -0.3 is 9.72 Å². The molecular formula is C19H17NO4S. The van der Waals surface area contributed by atoms with E-state index in [4.69, 9.17) is 4.74 Å². The first-order chi connectivity index (χ1) is 12.0. The number of hydrogen-bond donors (Lipinski definition) is 1.